The number of rotatable bonds is 3. The van der Waals surface area contributed by atoms with Gasteiger partial charge < -0.3 is 15.4 Å². The van der Waals surface area contributed by atoms with E-state index in [4.69, 9.17) is 4.74 Å². The Morgan fingerprint density at radius 1 is 1.20 bits per heavy atom. The first-order valence-corrected chi connectivity index (χ1v) is 6.57. The Bertz CT molecular complexity index is 635. The van der Waals surface area contributed by atoms with Crippen LogP contribution in [0.4, 0.5) is 11.4 Å². The Labute approximate surface area is 117 Å². The zero-order chi connectivity index (χ0) is 13.9. The van der Waals surface area contributed by atoms with Crippen LogP contribution in [-0.4, -0.2) is 12.5 Å². The standard InChI is InChI=1S/C16H16N2O2/c1-11-2-4-12(5-3-11)9-17-13-6-7-15-14(8-13)18-16(19)10-20-15/h2-8,17H,9-10H2,1H3,(H,18,19). The lowest BCUT2D eigenvalue weighted by atomic mass is 10.1. The maximum atomic E-state index is 11.3. The monoisotopic (exact) mass is 268 g/mol. The molecule has 0 aromatic heterocycles. The quantitative estimate of drug-likeness (QED) is 0.900. The molecule has 102 valence electrons. The molecule has 0 saturated carbocycles. The number of amides is 1. The minimum absolute atomic E-state index is 0.0865. The lowest BCUT2D eigenvalue weighted by molar-refractivity contribution is -0.118. The highest BCUT2D eigenvalue weighted by Gasteiger charge is 2.15. The van der Waals surface area contributed by atoms with Crippen molar-refractivity contribution in [3.63, 3.8) is 0 Å². The Hall–Kier alpha value is -2.49. The van der Waals surface area contributed by atoms with Gasteiger partial charge in [0.05, 0.1) is 5.69 Å². The first-order chi connectivity index (χ1) is 9.70. The van der Waals surface area contributed by atoms with Gasteiger partial charge in [-0.05, 0) is 30.7 Å². The summed E-state index contributed by atoms with van der Waals surface area (Å²) >= 11 is 0. The van der Waals surface area contributed by atoms with E-state index in [1.165, 1.54) is 11.1 Å². The molecule has 1 aliphatic heterocycles. The predicted octanol–water partition coefficient (Wildman–Crippen LogP) is 2.94. The molecule has 2 N–H and O–H groups in total. The van der Waals surface area contributed by atoms with Crippen LogP contribution in [0.25, 0.3) is 0 Å². The molecule has 0 saturated heterocycles. The van der Waals surface area contributed by atoms with Crippen molar-refractivity contribution >= 4 is 17.3 Å². The number of fused-ring (bicyclic) bond motifs is 1. The maximum Gasteiger partial charge on any atom is 0.262 e. The molecular weight excluding hydrogens is 252 g/mol. The smallest absolute Gasteiger partial charge is 0.262 e. The van der Waals surface area contributed by atoms with Crippen molar-refractivity contribution in [1.29, 1.82) is 0 Å². The minimum Gasteiger partial charge on any atom is -0.482 e. The van der Waals surface area contributed by atoms with Crippen molar-refractivity contribution in [1.82, 2.24) is 0 Å². The molecule has 0 aliphatic carbocycles. The highest BCUT2D eigenvalue weighted by molar-refractivity contribution is 5.96. The SMILES string of the molecule is Cc1ccc(CNc2ccc3c(c2)NC(=O)CO3)cc1. The summed E-state index contributed by atoms with van der Waals surface area (Å²) in [5, 5.41) is 6.14. The van der Waals surface area contributed by atoms with Gasteiger partial charge in [0.15, 0.2) is 6.61 Å². The van der Waals surface area contributed by atoms with Crippen LogP contribution in [-0.2, 0) is 11.3 Å². The van der Waals surface area contributed by atoms with E-state index in [0.717, 1.165) is 17.9 Å². The van der Waals surface area contributed by atoms with Crippen LogP contribution in [0.15, 0.2) is 42.5 Å². The number of hydrogen-bond acceptors (Lipinski definition) is 3. The summed E-state index contributed by atoms with van der Waals surface area (Å²) in [4.78, 5) is 11.3. The molecular formula is C16H16N2O2. The number of carbonyl (C=O) groups excluding carboxylic acids is 1. The summed E-state index contributed by atoms with van der Waals surface area (Å²) in [6.45, 7) is 2.90. The molecule has 1 heterocycles. The van der Waals surface area contributed by atoms with Crippen LogP contribution < -0.4 is 15.4 Å². The second-order valence-electron chi connectivity index (χ2n) is 4.89. The second-order valence-corrected chi connectivity index (χ2v) is 4.89. The topological polar surface area (TPSA) is 50.4 Å². The summed E-state index contributed by atoms with van der Waals surface area (Å²) in [6, 6.07) is 14.1. The molecule has 1 aliphatic rings. The summed E-state index contributed by atoms with van der Waals surface area (Å²) in [5.74, 6) is 0.596. The van der Waals surface area contributed by atoms with Crippen LogP contribution in [0, 0.1) is 6.92 Å². The zero-order valence-electron chi connectivity index (χ0n) is 11.3. The Morgan fingerprint density at radius 2 is 2.00 bits per heavy atom. The maximum absolute atomic E-state index is 11.3. The van der Waals surface area contributed by atoms with E-state index in [9.17, 15) is 4.79 Å². The molecule has 2 aromatic carbocycles. The van der Waals surface area contributed by atoms with Gasteiger partial charge in [-0.15, -0.1) is 0 Å². The van der Waals surface area contributed by atoms with Gasteiger partial charge in [0.1, 0.15) is 5.75 Å². The van der Waals surface area contributed by atoms with Crippen molar-refractivity contribution < 1.29 is 9.53 Å². The summed E-state index contributed by atoms with van der Waals surface area (Å²) < 4.78 is 5.33. The highest BCUT2D eigenvalue weighted by Crippen LogP contribution is 2.30. The lowest BCUT2D eigenvalue weighted by Crippen LogP contribution is -2.25. The molecule has 1 amide bonds. The van der Waals surface area contributed by atoms with E-state index in [-0.39, 0.29) is 12.5 Å². The van der Waals surface area contributed by atoms with Gasteiger partial charge in [-0.1, -0.05) is 29.8 Å². The number of hydrogen-bond donors (Lipinski definition) is 2. The largest absolute Gasteiger partial charge is 0.482 e. The van der Waals surface area contributed by atoms with Gasteiger partial charge in [0.25, 0.3) is 5.91 Å². The van der Waals surface area contributed by atoms with E-state index in [1.807, 2.05) is 18.2 Å². The number of nitrogens with one attached hydrogen (secondary N) is 2. The molecule has 0 atom stereocenters. The Balaban J connectivity index is 1.70. The first kappa shape index (κ1) is 12.5. The van der Waals surface area contributed by atoms with E-state index >= 15 is 0 Å². The van der Waals surface area contributed by atoms with E-state index < -0.39 is 0 Å². The predicted molar refractivity (Wildman–Crippen MR) is 79.1 cm³/mol. The fourth-order valence-corrected chi connectivity index (χ4v) is 2.10. The van der Waals surface area contributed by atoms with E-state index in [2.05, 4.69) is 41.8 Å². The average Bonchev–Trinajstić information content (AvgIpc) is 2.46. The molecule has 0 radical (unpaired) electrons. The lowest BCUT2D eigenvalue weighted by Gasteiger charge is -2.19. The molecule has 0 unspecified atom stereocenters. The van der Waals surface area contributed by atoms with Gasteiger partial charge in [0.2, 0.25) is 0 Å². The number of anilines is 2. The van der Waals surface area contributed by atoms with Crippen molar-refractivity contribution in [3.05, 3.63) is 53.6 Å². The summed E-state index contributed by atoms with van der Waals surface area (Å²) in [7, 11) is 0. The molecule has 0 fully saturated rings. The van der Waals surface area contributed by atoms with Crippen LogP contribution in [0.5, 0.6) is 5.75 Å². The van der Waals surface area contributed by atoms with Gasteiger partial charge in [-0.25, -0.2) is 0 Å². The number of ether oxygens (including phenoxy) is 1. The summed E-state index contributed by atoms with van der Waals surface area (Å²) in [5.41, 5.74) is 4.14. The third kappa shape index (κ3) is 2.74. The molecule has 4 heteroatoms. The van der Waals surface area contributed by atoms with Crippen molar-refractivity contribution in [3.8, 4) is 5.75 Å². The Morgan fingerprint density at radius 3 is 2.80 bits per heavy atom. The zero-order valence-corrected chi connectivity index (χ0v) is 11.3. The molecule has 4 nitrogen and oxygen atoms in total. The molecule has 0 bridgehead atoms. The number of aryl methyl sites for hydroxylation is 1. The molecule has 2 aromatic rings. The Kier molecular flexibility index (Phi) is 3.29. The van der Waals surface area contributed by atoms with E-state index in [1.54, 1.807) is 0 Å². The van der Waals surface area contributed by atoms with Gasteiger partial charge in [-0.2, -0.15) is 0 Å². The third-order valence-corrected chi connectivity index (χ3v) is 3.23. The van der Waals surface area contributed by atoms with Crippen LogP contribution in [0.2, 0.25) is 0 Å². The summed E-state index contributed by atoms with van der Waals surface area (Å²) in [6.07, 6.45) is 0. The number of carbonyl (C=O) groups is 1. The molecule has 3 rings (SSSR count). The van der Waals surface area contributed by atoms with Gasteiger partial charge >= 0.3 is 0 Å². The number of benzene rings is 2. The average molecular weight is 268 g/mol. The third-order valence-electron chi connectivity index (χ3n) is 3.23. The first-order valence-electron chi connectivity index (χ1n) is 6.57. The van der Waals surface area contributed by atoms with Crippen molar-refractivity contribution in [2.24, 2.45) is 0 Å². The molecule has 20 heavy (non-hydrogen) atoms. The van der Waals surface area contributed by atoms with Crippen molar-refractivity contribution in [2.75, 3.05) is 17.2 Å². The van der Waals surface area contributed by atoms with Crippen LogP contribution >= 0.6 is 0 Å². The van der Waals surface area contributed by atoms with Gasteiger partial charge in [0, 0.05) is 12.2 Å². The van der Waals surface area contributed by atoms with E-state index in [0.29, 0.717) is 5.75 Å². The second kappa shape index (κ2) is 5.25. The fourth-order valence-electron chi connectivity index (χ4n) is 2.10. The normalized spacial score (nSPS) is 13.2. The van der Waals surface area contributed by atoms with Gasteiger partial charge in [-0.3, -0.25) is 4.79 Å². The fraction of sp³-hybridized carbons (Fsp3) is 0.188. The highest BCUT2D eigenvalue weighted by atomic mass is 16.5. The van der Waals surface area contributed by atoms with Crippen LogP contribution in [0.1, 0.15) is 11.1 Å². The molecule has 0 spiro atoms. The van der Waals surface area contributed by atoms with Crippen LogP contribution in [0.3, 0.4) is 0 Å². The van der Waals surface area contributed by atoms with Crippen molar-refractivity contribution in [2.45, 2.75) is 13.5 Å². The minimum atomic E-state index is -0.117.